The molecule has 0 saturated heterocycles. The van der Waals surface area contributed by atoms with Crippen LogP contribution in [0.5, 0.6) is 0 Å². The monoisotopic (exact) mass is 352 g/mol. The Morgan fingerprint density at radius 1 is 1.39 bits per heavy atom. The highest BCUT2D eigenvalue weighted by molar-refractivity contribution is 9.10. The molecule has 0 saturated carbocycles. The summed E-state index contributed by atoms with van der Waals surface area (Å²) in [6.45, 7) is 4.20. The minimum absolute atomic E-state index is 0.146. The minimum Gasteiger partial charge on any atom is -0.330 e. The van der Waals surface area contributed by atoms with Gasteiger partial charge in [0.25, 0.3) is 0 Å². The van der Waals surface area contributed by atoms with Crippen molar-refractivity contribution in [3.05, 3.63) is 26.7 Å². The van der Waals surface area contributed by atoms with E-state index in [1.165, 1.54) is 0 Å². The summed E-state index contributed by atoms with van der Waals surface area (Å²) in [5.74, 6) is -0.226. The molecule has 0 aromatic heterocycles. The third-order valence-electron chi connectivity index (χ3n) is 2.69. The molecule has 3 N–H and O–H groups in total. The molecule has 6 heteroatoms. The van der Waals surface area contributed by atoms with E-state index in [0.29, 0.717) is 26.8 Å². The zero-order valence-corrected chi connectivity index (χ0v) is 13.2. The van der Waals surface area contributed by atoms with Crippen LogP contribution in [-0.2, 0) is 4.79 Å². The van der Waals surface area contributed by atoms with E-state index in [1.807, 2.05) is 13.8 Å². The Morgan fingerprint density at radius 2 is 2.00 bits per heavy atom. The average Bonchev–Trinajstić information content (AvgIpc) is 2.30. The van der Waals surface area contributed by atoms with Gasteiger partial charge in [0.1, 0.15) is 0 Å². The lowest BCUT2D eigenvalue weighted by Crippen LogP contribution is -2.33. The Hall–Kier alpha value is -0.290. The molecule has 18 heavy (non-hydrogen) atoms. The van der Waals surface area contributed by atoms with E-state index in [9.17, 15) is 4.79 Å². The van der Waals surface area contributed by atoms with E-state index in [-0.39, 0.29) is 17.7 Å². The SMILES string of the molecule is CC(C)C(CN)C(=O)Nc1ccc(Br)c(Cl)c1Cl. The van der Waals surface area contributed by atoms with Gasteiger partial charge in [0, 0.05) is 11.0 Å². The zero-order chi connectivity index (χ0) is 13.9. The molecular weight excluding hydrogens is 339 g/mol. The normalized spacial score (nSPS) is 12.6. The summed E-state index contributed by atoms with van der Waals surface area (Å²) in [7, 11) is 0. The van der Waals surface area contributed by atoms with Crippen molar-refractivity contribution in [1.29, 1.82) is 0 Å². The number of halogens is 3. The first-order valence-electron chi connectivity index (χ1n) is 5.52. The van der Waals surface area contributed by atoms with Crippen LogP contribution in [0.1, 0.15) is 13.8 Å². The van der Waals surface area contributed by atoms with Crippen molar-refractivity contribution in [2.75, 3.05) is 11.9 Å². The smallest absolute Gasteiger partial charge is 0.229 e. The average molecular weight is 354 g/mol. The molecule has 1 aromatic carbocycles. The van der Waals surface area contributed by atoms with Gasteiger partial charge in [-0.15, -0.1) is 0 Å². The maximum atomic E-state index is 12.0. The van der Waals surface area contributed by atoms with Crippen LogP contribution in [-0.4, -0.2) is 12.5 Å². The summed E-state index contributed by atoms with van der Waals surface area (Å²) >= 11 is 15.3. The van der Waals surface area contributed by atoms with Gasteiger partial charge < -0.3 is 11.1 Å². The lowest BCUT2D eigenvalue weighted by atomic mass is 9.95. The number of anilines is 1. The summed E-state index contributed by atoms with van der Waals surface area (Å²) < 4.78 is 0.686. The van der Waals surface area contributed by atoms with Crippen LogP contribution < -0.4 is 11.1 Å². The van der Waals surface area contributed by atoms with E-state index in [1.54, 1.807) is 12.1 Å². The molecule has 1 rings (SSSR count). The Balaban J connectivity index is 2.92. The molecule has 1 amide bonds. The highest BCUT2D eigenvalue weighted by atomic mass is 79.9. The van der Waals surface area contributed by atoms with Gasteiger partial charge in [-0.25, -0.2) is 0 Å². The first-order valence-corrected chi connectivity index (χ1v) is 7.07. The summed E-state index contributed by atoms with van der Waals surface area (Å²) in [5, 5.41) is 3.45. The molecule has 0 aliphatic carbocycles. The summed E-state index contributed by atoms with van der Waals surface area (Å²) in [5.41, 5.74) is 6.09. The molecule has 0 aliphatic rings. The first kappa shape index (κ1) is 15.8. The van der Waals surface area contributed by atoms with Crippen molar-refractivity contribution in [3.63, 3.8) is 0 Å². The lowest BCUT2D eigenvalue weighted by molar-refractivity contribution is -0.120. The van der Waals surface area contributed by atoms with Crippen LogP contribution in [0.4, 0.5) is 5.69 Å². The predicted octanol–water partition coefficient (Wildman–Crippen LogP) is 3.93. The molecule has 0 spiro atoms. The van der Waals surface area contributed by atoms with Gasteiger partial charge >= 0.3 is 0 Å². The molecular formula is C12H15BrCl2N2O. The van der Waals surface area contributed by atoms with Crippen molar-refractivity contribution in [2.45, 2.75) is 13.8 Å². The van der Waals surface area contributed by atoms with E-state index in [0.717, 1.165) is 0 Å². The molecule has 0 aliphatic heterocycles. The van der Waals surface area contributed by atoms with E-state index in [4.69, 9.17) is 28.9 Å². The van der Waals surface area contributed by atoms with Gasteiger partial charge in [-0.05, 0) is 34.0 Å². The van der Waals surface area contributed by atoms with Crippen LogP contribution in [0, 0.1) is 11.8 Å². The third kappa shape index (κ3) is 3.60. The summed E-state index contributed by atoms with van der Waals surface area (Å²) in [6, 6.07) is 3.43. The van der Waals surface area contributed by atoms with Gasteiger partial charge in [-0.1, -0.05) is 37.0 Å². The molecule has 1 atom stereocenters. The fourth-order valence-corrected chi connectivity index (χ4v) is 2.35. The van der Waals surface area contributed by atoms with E-state index >= 15 is 0 Å². The molecule has 0 bridgehead atoms. The van der Waals surface area contributed by atoms with Gasteiger partial charge in [-0.3, -0.25) is 4.79 Å². The fraction of sp³-hybridized carbons (Fsp3) is 0.417. The lowest BCUT2D eigenvalue weighted by Gasteiger charge is -2.19. The number of carbonyl (C=O) groups is 1. The maximum absolute atomic E-state index is 12.0. The molecule has 0 radical (unpaired) electrons. The first-order chi connectivity index (χ1) is 8.38. The van der Waals surface area contributed by atoms with Crippen molar-refractivity contribution >= 4 is 50.7 Å². The van der Waals surface area contributed by atoms with Gasteiger partial charge in [0.2, 0.25) is 5.91 Å². The number of nitrogens with one attached hydrogen (secondary N) is 1. The molecule has 1 unspecified atom stereocenters. The number of rotatable bonds is 4. The summed E-state index contributed by atoms with van der Waals surface area (Å²) in [6.07, 6.45) is 0. The molecule has 100 valence electrons. The highest BCUT2D eigenvalue weighted by Crippen LogP contribution is 2.36. The van der Waals surface area contributed by atoms with Crippen LogP contribution in [0.3, 0.4) is 0 Å². The standard InChI is InChI=1S/C12H15BrCl2N2O/c1-6(2)7(5-16)12(18)17-9-4-3-8(13)10(14)11(9)15/h3-4,6-7H,5,16H2,1-2H3,(H,17,18). The largest absolute Gasteiger partial charge is 0.330 e. The number of hydrogen-bond acceptors (Lipinski definition) is 2. The minimum atomic E-state index is -0.247. The zero-order valence-electron chi connectivity index (χ0n) is 10.1. The third-order valence-corrected chi connectivity index (χ3v) is 4.46. The second-order valence-electron chi connectivity index (χ2n) is 4.30. The summed E-state index contributed by atoms with van der Waals surface area (Å²) in [4.78, 5) is 12.0. The van der Waals surface area contributed by atoms with Crippen LogP contribution in [0.25, 0.3) is 0 Å². The second kappa shape index (κ2) is 6.75. The number of amides is 1. The number of nitrogens with two attached hydrogens (primary N) is 1. The van der Waals surface area contributed by atoms with Crippen molar-refractivity contribution in [1.82, 2.24) is 0 Å². The van der Waals surface area contributed by atoms with Gasteiger partial charge in [0.05, 0.1) is 21.7 Å². The van der Waals surface area contributed by atoms with E-state index < -0.39 is 0 Å². The topological polar surface area (TPSA) is 55.1 Å². The Bertz CT molecular complexity index is 452. The predicted molar refractivity (Wildman–Crippen MR) is 80.2 cm³/mol. The fourth-order valence-electron chi connectivity index (χ4n) is 1.53. The molecule has 1 aromatic rings. The Morgan fingerprint density at radius 3 is 2.50 bits per heavy atom. The van der Waals surface area contributed by atoms with Gasteiger partial charge in [0.15, 0.2) is 0 Å². The van der Waals surface area contributed by atoms with E-state index in [2.05, 4.69) is 21.2 Å². The second-order valence-corrected chi connectivity index (χ2v) is 5.91. The maximum Gasteiger partial charge on any atom is 0.229 e. The molecule has 0 fully saturated rings. The quantitative estimate of drug-likeness (QED) is 0.806. The highest BCUT2D eigenvalue weighted by Gasteiger charge is 2.21. The van der Waals surface area contributed by atoms with Crippen LogP contribution in [0.15, 0.2) is 16.6 Å². The number of hydrogen-bond donors (Lipinski definition) is 2. The van der Waals surface area contributed by atoms with Crippen molar-refractivity contribution in [3.8, 4) is 0 Å². The molecule has 0 heterocycles. The number of benzene rings is 1. The number of carbonyl (C=O) groups excluding carboxylic acids is 1. The Labute approximate surface area is 125 Å². The Kier molecular flexibility index (Phi) is 5.92. The van der Waals surface area contributed by atoms with Gasteiger partial charge in [-0.2, -0.15) is 0 Å². The van der Waals surface area contributed by atoms with Crippen molar-refractivity contribution in [2.24, 2.45) is 17.6 Å². The van der Waals surface area contributed by atoms with Crippen LogP contribution >= 0.6 is 39.1 Å². The molecule has 3 nitrogen and oxygen atoms in total. The van der Waals surface area contributed by atoms with Crippen LogP contribution in [0.2, 0.25) is 10.0 Å². The van der Waals surface area contributed by atoms with Crippen molar-refractivity contribution < 1.29 is 4.79 Å².